The van der Waals surface area contributed by atoms with Gasteiger partial charge in [-0.2, -0.15) is 0 Å². The Morgan fingerprint density at radius 1 is 0.531 bits per heavy atom. The van der Waals surface area contributed by atoms with Crippen LogP contribution in [-0.2, 0) is 20.6 Å². The van der Waals surface area contributed by atoms with Crippen molar-refractivity contribution in [1.82, 2.24) is 0 Å². The lowest BCUT2D eigenvalue weighted by Crippen LogP contribution is -2.68. The summed E-state index contributed by atoms with van der Waals surface area (Å²) in [5.41, 5.74) is 0. The highest BCUT2D eigenvalue weighted by Gasteiger charge is 2.47. The van der Waals surface area contributed by atoms with Gasteiger partial charge in [-0.15, -0.1) is 0 Å². The fourth-order valence-corrected chi connectivity index (χ4v) is 20.7. The summed E-state index contributed by atoms with van der Waals surface area (Å²) in [5, 5.41) is 2.21. The zero-order valence-corrected chi connectivity index (χ0v) is 26.8. The van der Waals surface area contributed by atoms with Crippen LogP contribution in [0.1, 0.15) is 0 Å². The highest BCUT2D eigenvalue weighted by Crippen LogP contribution is 2.19. The van der Waals surface area contributed by atoms with E-state index in [4.69, 9.17) is 20.6 Å². The van der Waals surface area contributed by atoms with Gasteiger partial charge in [-0.25, -0.2) is 0 Å². The van der Waals surface area contributed by atoms with E-state index in [2.05, 4.69) is 87.8 Å². The van der Waals surface area contributed by atoms with E-state index in [9.17, 15) is 0 Å². The largest absolute Gasteiger partial charge is 0.436 e. The van der Waals surface area contributed by atoms with E-state index in [1.54, 1.807) is 0 Å². The molecule has 2 aromatic carbocycles. The Hall–Kier alpha value is -0.459. The molecule has 0 spiro atoms. The van der Waals surface area contributed by atoms with Crippen molar-refractivity contribution in [3.8, 4) is 0 Å². The van der Waals surface area contributed by atoms with Crippen LogP contribution >= 0.6 is 0 Å². The number of hydrogen-bond donors (Lipinski definition) is 0. The van der Waals surface area contributed by atoms with Crippen molar-refractivity contribution in [3.63, 3.8) is 0 Å². The van der Waals surface area contributed by atoms with Crippen LogP contribution in [0.2, 0.25) is 58.9 Å². The molecule has 0 aliphatic rings. The first-order valence-corrected chi connectivity index (χ1v) is 24.9. The van der Waals surface area contributed by atoms with Crippen LogP contribution < -0.4 is 10.4 Å². The first-order chi connectivity index (χ1) is 14.8. The van der Waals surface area contributed by atoms with Crippen LogP contribution in [0.25, 0.3) is 0 Å². The molecule has 0 atom stereocenters. The lowest BCUT2D eigenvalue weighted by molar-refractivity contribution is 0.329. The molecule has 0 unspecified atom stereocenters. The Kier molecular flexibility index (Phi) is 10.2. The van der Waals surface area contributed by atoms with Gasteiger partial charge in [-0.1, -0.05) is 60.7 Å². The predicted molar refractivity (Wildman–Crippen MR) is 145 cm³/mol. The van der Waals surface area contributed by atoms with Gasteiger partial charge < -0.3 is 20.6 Å². The first-order valence-electron chi connectivity index (χ1n) is 10.9. The highest BCUT2D eigenvalue weighted by atomic mass is 28.5. The molecule has 0 N–H and O–H groups in total. The van der Waals surface area contributed by atoms with E-state index in [-0.39, 0.29) is 0 Å². The Bertz CT molecular complexity index is 773. The molecule has 0 saturated heterocycles. The van der Waals surface area contributed by atoms with Crippen LogP contribution in [-0.4, -0.2) is 53.0 Å². The maximum Gasteiger partial charge on any atom is 0.387 e. The summed E-state index contributed by atoms with van der Waals surface area (Å²) in [6.45, 7) is 19.3. The summed E-state index contributed by atoms with van der Waals surface area (Å²) in [7, 11) is -11.0. The fraction of sp³-hybridized carbons (Fsp3) is 0.429. The minimum Gasteiger partial charge on any atom is -0.436 e. The molecule has 0 heterocycles. The molecule has 0 aliphatic carbocycles. The second-order valence-corrected chi connectivity index (χ2v) is 27.4. The Balaban J connectivity index is 2.30. The van der Waals surface area contributed by atoms with Crippen LogP contribution in [0.5, 0.6) is 0 Å². The average Bonchev–Trinajstić information content (AvgIpc) is 2.66. The van der Waals surface area contributed by atoms with Crippen molar-refractivity contribution in [2.24, 2.45) is 0 Å². The molecule has 0 amide bonds. The van der Waals surface area contributed by atoms with E-state index in [1.165, 1.54) is 0 Å². The standard InChI is InChI=1S/C21H37O5Si6/c1-27(22-28(2)24-30(4,5)6)23-29(3)25-32(26-31(7,8)9,20-16-12-10-13-17-20)21-18-14-11-15-19-21/h10-19H,1-9H3. The second-order valence-electron chi connectivity index (χ2n) is 9.56. The van der Waals surface area contributed by atoms with Crippen LogP contribution in [0.15, 0.2) is 60.7 Å². The second kappa shape index (κ2) is 11.8. The molecular weight excluding hydrogens is 501 g/mol. The molecule has 175 valence electrons. The lowest BCUT2D eigenvalue weighted by Gasteiger charge is -2.38. The summed E-state index contributed by atoms with van der Waals surface area (Å²) in [5.74, 6) is 0. The molecule has 2 rings (SSSR count). The fourth-order valence-electron chi connectivity index (χ4n) is 3.27. The van der Waals surface area contributed by atoms with Gasteiger partial charge in [-0.05, 0) is 69.3 Å². The van der Waals surface area contributed by atoms with E-state index in [0.29, 0.717) is 0 Å². The lowest BCUT2D eigenvalue weighted by atomic mass is 10.4. The van der Waals surface area contributed by atoms with E-state index >= 15 is 0 Å². The smallest absolute Gasteiger partial charge is 0.387 e. The van der Waals surface area contributed by atoms with E-state index in [0.717, 1.165) is 10.4 Å². The molecule has 0 bridgehead atoms. The first kappa shape index (κ1) is 27.8. The van der Waals surface area contributed by atoms with Gasteiger partial charge in [0.2, 0.25) is 0 Å². The summed E-state index contributed by atoms with van der Waals surface area (Å²) >= 11 is 0. The summed E-state index contributed by atoms with van der Waals surface area (Å²) in [6, 6.07) is 20.8. The number of benzene rings is 2. The zero-order valence-electron chi connectivity index (χ0n) is 20.8. The third-order valence-corrected chi connectivity index (χ3v) is 20.4. The maximum absolute atomic E-state index is 6.96. The molecule has 3 radical (unpaired) electrons. The predicted octanol–water partition coefficient (Wildman–Crippen LogP) is 4.35. The quantitative estimate of drug-likeness (QED) is 0.377. The minimum absolute atomic E-state index is 1.11. The van der Waals surface area contributed by atoms with Gasteiger partial charge in [-0.3, -0.25) is 0 Å². The molecular formula is C21H37O5Si6. The topological polar surface area (TPSA) is 46.2 Å². The Morgan fingerprint density at radius 2 is 0.938 bits per heavy atom. The molecule has 0 saturated carbocycles. The summed E-state index contributed by atoms with van der Waals surface area (Å²) in [6.07, 6.45) is 0. The summed E-state index contributed by atoms with van der Waals surface area (Å²) in [4.78, 5) is 0. The average molecular weight is 538 g/mol. The van der Waals surface area contributed by atoms with Crippen LogP contribution in [0, 0.1) is 0 Å². The molecule has 0 fully saturated rings. The van der Waals surface area contributed by atoms with Crippen LogP contribution in [0.3, 0.4) is 0 Å². The van der Waals surface area contributed by atoms with Crippen molar-refractivity contribution in [2.45, 2.75) is 58.9 Å². The van der Waals surface area contributed by atoms with Crippen molar-refractivity contribution in [1.29, 1.82) is 0 Å². The van der Waals surface area contributed by atoms with Gasteiger partial charge in [0.1, 0.15) is 0 Å². The van der Waals surface area contributed by atoms with Gasteiger partial charge in [0.05, 0.1) is 0 Å². The van der Waals surface area contributed by atoms with Crippen molar-refractivity contribution in [3.05, 3.63) is 60.7 Å². The van der Waals surface area contributed by atoms with Gasteiger partial charge >= 0.3 is 36.4 Å². The molecule has 0 aromatic heterocycles. The molecule has 5 nitrogen and oxygen atoms in total. The third-order valence-electron chi connectivity index (χ3n) is 4.07. The molecule has 32 heavy (non-hydrogen) atoms. The normalized spacial score (nSPS) is 13.4. The van der Waals surface area contributed by atoms with Crippen molar-refractivity contribution >= 4 is 63.4 Å². The number of hydrogen-bond acceptors (Lipinski definition) is 5. The molecule has 11 heteroatoms. The van der Waals surface area contributed by atoms with Gasteiger partial charge in [0.25, 0.3) is 0 Å². The van der Waals surface area contributed by atoms with E-state index < -0.39 is 53.0 Å². The zero-order chi connectivity index (χ0) is 24.0. The summed E-state index contributed by atoms with van der Waals surface area (Å²) < 4.78 is 32.5. The van der Waals surface area contributed by atoms with Gasteiger partial charge in [0, 0.05) is 0 Å². The SMILES string of the molecule is C[Si](O[Si](C)O[Si](C)(C)C)O[Si](C)O[Si](O[Si](C)(C)C)(c1ccccc1)c1ccccc1. The van der Waals surface area contributed by atoms with Gasteiger partial charge in [0.15, 0.2) is 16.6 Å². The Labute approximate surface area is 203 Å². The monoisotopic (exact) mass is 537 g/mol. The molecule has 0 aliphatic heterocycles. The maximum atomic E-state index is 6.96. The van der Waals surface area contributed by atoms with Crippen LogP contribution in [0.4, 0.5) is 0 Å². The third kappa shape index (κ3) is 9.06. The van der Waals surface area contributed by atoms with E-state index in [1.807, 2.05) is 31.8 Å². The Morgan fingerprint density at radius 3 is 1.31 bits per heavy atom. The van der Waals surface area contributed by atoms with Crippen molar-refractivity contribution in [2.75, 3.05) is 0 Å². The number of rotatable bonds is 12. The highest BCUT2D eigenvalue weighted by molar-refractivity contribution is 7.00. The molecule has 2 aromatic rings. The minimum atomic E-state index is -2.96. The van der Waals surface area contributed by atoms with Crippen molar-refractivity contribution < 1.29 is 20.6 Å².